The van der Waals surface area contributed by atoms with Gasteiger partial charge in [-0.2, -0.15) is 4.98 Å². The number of carboxylic acids is 1. The minimum absolute atomic E-state index is 0.115. The summed E-state index contributed by atoms with van der Waals surface area (Å²) in [6.07, 6.45) is 0.909. The third kappa shape index (κ3) is 5.44. The lowest BCUT2D eigenvalue weighted by Crippen LogP contribution is -2.21. The van der Waals surface area contributed by atoms with E-state index in [9.17, 15) is 4.79 Å². The van der Waals surface area contributed by atoms with Crippen LogP contribution < -0.4 is 0 Å². The highest BCUT2D eigenvalue weighted by molar-refractivity contribution is 5.66. The van der Waals surface area contributed by atoms with E-state index in [1.807, 2.05) is 11.9 Å². The van der Waals surface area contributed by atoms with Gasteiger partial charge in [0, 0.05) is 13.0 Å². The fraction of sp³-hybridized carbons (Fsp3) is 0.727. The van der Waals surface area contributed by atoms with Gasteiger partial charge in [0.15, 0.2) is 5.82 Å². The second kappa shape index (κ2) is 6.34. The second-order valence-corrected chi connectivity index (χ2v) is 4.58. The molecular formula is C11H19N3O3. The normalized spacial score (nSPS) is 11.4. The molecule has 1 aromatic heterocycles. The predicted molar refractivity (Wildman–Crippen MR) is 61.4 cm³/mol. The molecule has 0 atom stereocenters. The Balaban J connectivity index is 2.40. The summed E-state index contributed by atoms with van der Waals surface area (Å²) in [6.45, 7) is 5.14. The lowest BCUT2D eigenvalue weighted by Gasteiger charge is -2.11. The molecule has 0 aliphatic rings. The number of hydrogen-bond acceptors (Lipinski definition) is 5. The molecule has 0 aliphatic carbocycles. The highest BCUT2D eigenvalue weighted by atomic mass is 16.5. The average molecular weight is 241 g/mol. The molecule has 0 saturated heterocycles. The van der Waals surface area contributed by atoms with Gasteiger partial charge in [-0.25, -0.2) is 0 Å². The number of aliphatic carboxylic acids is 1. The van der Waals surface area contributed by atoms with Gasteiger partial charge in [0.1, 0.15) is 0 Å². The van der Waals surface area contributed by atoms with E-state index in [1.165, 1.54) is 0 Å². The van der Waals surface area contributed by atoms with Crippen LogP contribution in [-0.2, 0) is 17.8 Å². The summed E-state index contributed by atoms with van der Waals surface area (Å²) < 4.78 is 5.09. The Labute approximate surface area is 101 Å². The summed E-state index contributed by atoms with van der Waals surface area (Å²) in [7, 11) is 1.83. The summed E-state index contributed by atoms with van der Waals surface area (Å²) in [5.74, 6) is 0.934. The number of aromatic nitrogens is 2. The van der Waals surface area contributed by atoms with Crippen molar-refractivity contribution in [2.24, 2.45) is 5.92 Å². The van der Waals surface area contributed by atoms with Gasteiger partial charge in [-0.15, -0.1) is 0 Å². The monoisotopic (exact) mass is 241 g/mol. The molecule has 0 spiro atoms. The molecule has 0 aliphatic heterocycles. The zero-order valence-corrected chi connectivity index (χ0v) is 10.5. The predicted octanol–water partition coefficient (Wildman–Crippen LogP) is 1.17. The van der Waals surface area contributed by atoms with Crippen LogP contribution in [0.15, 0.2) is 4.52 Å². The van der Waals surface area contributed by atoms with E-state index in [-0.39, 0.29) is 6.42 Å². The molecule has 0 aromatic carbocycles. The summed E-state index contributed by atoms with van der Waals surface area (Å²) in [6, 6.07) is 0. The van der Waals surface area contributed by atoms with E-state index in [4.69, 9.17) is 9.63 Å². The van der Waals surface area contributed by atoms with Crippen LogP contribution in [0.2, 0.25) is 0 Å². The Morgan fingerprint density at radius 2 is 2.24 bits per heavy atom. The first kappa shape index (κ1) is 13.6. The molecule has 0 radical (unpaired) electrons. The molecule has 1 rings (SSSR count). The van der Waals surface area contributed by atoms with Gasteiger partial charge >= 0.3 is 5.97 Å². The summed E-state index contributed by atoms with van der Waals surface area (Å²) in [4.78, 5) is 16.5. The van der Waals surface area contributed by atoms with E-state index in [0.29, 0.717) is 30.7 Å². The topological polar surface area (TPSA) is 79.5 Å². The van der Waals surface area contributed by atoms with E-state index < -0.39 is 5.97 Å². The summed E-state index contributed by atoms with van der Waals surface area (Å²) in [5.41, 5.74) is 0. The summed E-state index contributed by atoms with van der Waals surface area (Å²) in [5, 5.41) is 12.4. The minimum Gasteiger partial charge on any atom is -0.481 e. The van der Waals surface area contributed by atoms with E-state index in [2.05, 4.69) is 24.0 Å². The highest BCUT2D eigenvalue weighted by Crippen LogP contribution is 2.06. The van der Waals surface area contributed by atoms with Crippen molar-refractivity contribution < 1.29 is 14.4 Å². The van der Waals surface area contributed by atoms with Crippen molar-refractivity contribution in [1.29, 1.82) is 0 Å². The first-order valence-corrected chi connectivity index (χ1v) is 5.69. The van der Waals surface area contributed by atoms with Gasteiger partial charge in [0.25, 0.3) is 0 Å². The van der Waals surface area contributed by atoms with Crippen molar-refractivity contribution in [2.75, 3.05) is 13.6 Å². The fourth-order valence-electron chi connectivity index (χ4n) is 1.40. The van der Waals surface area contributed by atoms with E-state index in [1.54, 1.807) is 0 Å². The smallest absolute Gasteiger partial charge is 0.304 e. The quantitative estimate of drug-likeness (QED) is 0.772. The van der Waals surface area contributed by atoms with Crippen LogP contribution in [0.3, 0.4) is 0 Å². The molecule has 17 heavy (non-hydrogen) atoms. The molecule has 6 heteroatoms. The van der Waals surface area contributed by atoms with E-state index in [0.717, 1.165) is 6.42 Å². The van der Waals surface area contributed by atoms with Gasteiger partial charge in [-0.3, -0.25) is 9.69 Å². The number of hydrogen-bond donors (Lipinski definition) is 1. The molecule has 0 amide bonds. The Morgan fingerprint density at radius 1 is 1.53 bits per heavy atom. The zero-order chi connectivity index (χ0) is 12.8. The van der Waals surface area contributed by atoms with Gasteiger partial charge < -0.3 is 9.63 Å². The van der Waals surface area contributed by atoms with Crippen LogP contribution in [0, 0.1) is 5.92 Å². The summed E-state index contributed by atoms with van der Waals surface area (Å²) >= 11 is 0. The largest absolute Gasteiger partial charge is 0.481 e. The molecule has 0 bridgehead atoms. The Kier molecular flexibility index (Phi) is 5.09. The van der Waals surface area contributed by atoms with Crippen molar-refractivity contribution in [3.63, 3.8) is 0 Å². The van der Waals surface area contributed by atoms with Crippen molar-refractivity contribution in [3.05, 3.63) is 11.7 Å². The van der Waals surface area contributed by atoms with Crippen molar-refractivity contribution in [2.45, 2.75) is 33.2 Å². The molecule has 6 nitrogen and oxygen atoms in total. The maximum Gasteiger partial charge on any atom is 0.304 e. The average Bonchev–Trinajstić information content (AvgIpc) is 2.61. The molecule has 96 valence electrons. The van der Waals surface area contributed by atoms with Crippen molar-refractivity contribution in [3.8, 4) is 0 Å². The van der Waals surface area contributed by atoms with Gasteiger partial charge in [-0.05, 0) is 13.0 Å². The number of carboxylic acid groups (broad SMARTS) is 1. The van der Waals surface area contributed by atoms with Crippen LogP contribution in [0.5, 0.6) is 0 Å². The third-order valence-corrected chi connectivity index (χ3v) is 2.21. The maximum atomic E-state index is 10.4. The molecule has 1 N–H and O–H groups in total. The second-order valence-electron chi connectivity index (χ2n) is 4.58. The Morgan fingerprint density at radius 3 is 2.82 bits per heavy atom. The number of carbonyl (C=O) groups is 1. The molecule has 0 fully saturated rings. The van der Waals surface area contributed by atoms with Crippen LogP contribution in [0.4, 0.5) is 0 Å². The van der Waals surface area contributed by atoms with Crippen molar-refractivity contribution in [1.82, 2.24) is 15.0 Å². The molecule has 0 saturated carbocycles. The molecule has 0 unspecified atom stereocenters. The standard InChI is InChI=1S/C11H19N3O3/c1-8(2)6-9-12-10(17-13-9)7-14(3)5-4-11(15)16/h8H,4-7H2,1-3H3,(H,15,16). The minimum atomic E-state index is -0.803. The van der Waals surface area contributed by atoms with Crippen molar-refractivity contribution >= 4 is 5.97 Å². The SMILES string of the molecule is CC(C)Cc1noc(CN(C)CCC(=O)O)n1. The lowest BCUT2D eigenvalue weighted by molar-refractivity contribution is -0.137. The maximum absolute atomic E-state index is 10.4. The van der Waals surface area contributed by atoms with Gasteiger partial charge in [0.05, 0.1) is 13.0 Å². The van der Waals surface area contributed by atoms with Crippen LogP contribution in [-0.4, -0.2) is 39.7 Å². The van der Waals surface area contributed by atoms with Gasteiger partial charge in [-0.1, -0.05) is 19.0 Å². The number of rotatable bonds is 7. The molecule has 1 aromatic rings. The molecule has 1 heterocycles. The third-order valence-electron chi connectivity index (χ3n) is 2.21. The highest BCUT2D eigenvalue weighted by Gasteiger charge is 2.10. The Bertz CT molecular complexity index is 363. The van der Waals surface area contributed by atoms with Crippen LogP contribution in [0.1, 0.15) is 32.0 Å². The zero-order valence-electron chi connectivity index (χ0n) is 10.5. The fourth-order valence-corrected chi connectivity index (χ4v) is 1.40. The number of nitrogens with zero attached hydrogens (tertiary/aromatic N) is 3. The van der Waals surface area contributed by atoms with Crippen LogP contribution >= 0.6 is 0 Å². The first-order chi connectivity index (χ1) is 7.97. The van der Waals surface area contributed by atoms with Gasteiger partial charge in [0.2, 0.25) is 5.89 Å². The first-order valence-electron chi connectivity index (χ1n) is 5.69. The Hall–Kier alpha value is -1.43. The van der Waals surface area contributed by atoms with E-state index >= 15 is 0 Å². The van der Waals surface area contributed by atoms with Crippen LogP contribution in [0.25, 0.3) is 0 Å². The molecular weight excluding hydrogens is 222 g/mol. The lowest BCUT2D eigenvalue weighted by atomic mass is 10.1.